The Morgan fingerprint density at radius 3 is 2.15 bits per heavy atom. The smallest absolute Gasteiger partial charge is 0.241 e. The van der Waals surface area contributed by atoms with Crippen LogP contribution in [0.2, 0.25) is 0 Å². The van der Waals surface area contributed by atoms with E-state index >= 15 is 0 Å². The van der Waals surface area contributed by atoms with Crippen LogP contribution in [0.5, 0.6) is 11.5 Å². The average Bonchev–Trinajstić information content (AvgIpc) is 2.67. The monoisotopic (exact) mass is 384 g/mol. The lowest BCUT2D eigenvalue weighted by molar-refractivity contribution is 0.281. The molecule has 0 heterocycles. The van der Waals surface area contributed by atoms with Crippen LogP contribution in [0.25, 0.3) is 0 Å². The molecule has 0 saturated heterocycles. The number of primary sulfonamides is 1. The molecule has 0 aliphatic heterocycles. The first-order chi connectivity index (χ1) is 13.0. The molecule has 0 saturated carbocycles. The molecule has 0 aromatic heterocycles. The zero-order valence-electron chi connectivity index (χ0n) is 14.5. The number of para-hydroxylation sites is 1. The summed E-state index contributed by atoms with van der Waals surface area (Å²) in [5, 5.41) is 18.1. The number of benzene rings is 3. The Hall–Kier alpha value is -2.87. The Balaban J connectivity index is 2.05. The topological polar surface area (TPSA) is 102 Å². The van der Waals surface area contributed by atoms with E-state index in [4.69, 9.17) is 9.88 Å². The molecule has 0 spiro atoms. The number of nitrogens with two attached hydrogens (primary N) is 1. The van der Waals surface area contributed by atoms with Crippen LogP contribution in [-0.2, 0) is 23.2 Å². The third-order valence-corrected chi connectivity index (χ3v) is 4.81. The largest absolute Gasteiger partial charge is 0.454 e. The maximum Gasteiger partial charge on any atom is 0.241 e. The summed E-state index contributed by atoms with van der Waals surface area (Å²) in [5.74, 6) is 0.568. The Bertz CT molecular complexity index is 1010. The Kier molecular flexibility index (Phi) is 5.75. The predicted molar refractivity (Wildman–Crippen MR) is 104 cm³/mol. The summed E-state index contributed by atoms with van der Waals surface area (Å²) in [6.45, 7) is 0.124. The summed E-state index contributed by atoms with van der Waals surface area (Å²) in [6.07, 6.45) is 0. The van der Waals surface area contributed by atoms with Gasteiger partial charge in [0.1, 0.15) is 10.6 Å². The maximum absolute atomic E-state index is 12.1. The highest BCUT2D eigenvalue weighted by Crippen LogP contribution is 2.37. The highest BCUT2D eigenvalue weighted by atomic mass is 32.2. The SMILES string of the molecule is NS(=O)(=O)c1cc(CO)cc(NCc2ccccc2)c1Oc1ccccc1. The fraction of sp³-hybridized carbons (Fsp3) is 0.100. The number of aliphatic hydroxyl groups excluding tert-OH is 1. The van der Waals surface area contributed by atoms with E-state index in [0.717, 1.165) is 5.56 Å². The lowest BCUT2D eigenvalue weighted by Crippen LogP contribution is -2.15. The second kappa shape index (κ2) is 8.22. The van der Waals surface area contributed by atoms with Gasteiger partial charge in [0.2, 0.25) is 10.0 Å². The number of anilines is 1. The van der Waals surface area contributed by atoms with Gasteiger partial charge < -0.3 is 15.2 Å². The quantitative estimate of drug-likeness (QED) is 0.580. The zero-order chi connectivity index (χ0) is 19.3. The van der Waals surface area contributed by atoms with Gasteiger partial charge in [0.15, 0.2) is 5.75 Å². The van der Waals surface area contributed by atoms with Crippen molar-refractivity contribution < 1.29 is 18.3 Å². The number of hydrogen-bond acceptors (Lipinski definition) is 5. The molecular formula is C20H20N2O4S. The Morgan fingerprint density at radius 2 is 1.56 bits per heavy atom. The molecule has 7 heteroatoms. The average molecular weight is 384 g/mol. The minimum absolute atomic E-state index is 0.0943. The first-order valence-corrected chi connectivity index (χ1v) is 9.83. The number of rotatable bonds is 7. The van der Waals surface area contributed by atoms with Crippen LogP contribution in [-0.4, -0.2) is 13.5 Å². The molecule has 4 N–H and O–H groups in total. The van der Waals surface area contributed by atoms with Crippen LogP contribution >= 0.6 is 0 Å². The molecule has 0 atom stereocenters. The van der Waals surface area contributed by atoms with E-state index in [9.17, 15) is 13.5 Å². The fourth-order valence-corrected chi connectivity index (χ4v) is 3.32. The van der Waals surface area contributed by atoms with Crippen molar-refractivity contribution in [2.75, 3.05) is 5.32 Å². The normalized spacial score (nSPS) is 11.2. The summed E-state index contributed by atoms with van der Waals surface area (Å²) in [4.78, 5) is -0.187. The molecule has 0 unspecified atom stereocenters. The lowest BCUT2D eigenvalue weighted by Gasteiger charge is -2.17. The maximum atomic E-state index is 12.1. The van der Waals surface area contributed by atoms with E-state index < -0.39 is 10.0 Å². The number of aliphatic hydroxyl groups is 1. The third-order valence-electron chi connectivity index (χ3n) is 3.89. The first kappa shape index (κ1) is 18.9. The van der Waals surface area contributed by atoms with Crippen molar-refractivity contribution in [3.05, 3.63) is 83.9 Å². The number of hydrogen-bond donors (Lipinski definition) is 3. The second-order valence-corrected chi connectivity index (χ2v) is 7.46. The van der Waals surface area contributed by atoms with Crippen LogP contribution in [0.4, 0.5) is 5.69 Å². The van der Waals surface area contributed by atoms with Gasteiger partial charge in [0, 0.05) is 6.54 Å². The molecule has 0 amide bonds. The van der Waals surface area contributed by atoms with Crippen molar-refractivity contribution in [1.29, 1.82) is 0 Å². The molecule has 27 heavy (non-hydrogen) atoms. The van der Waals surface area contributed by atoms with Crippen LogP contribution < -0.4 is 15.2 Å². The standard InChI is InChI=1S/C20H20N2O4S/c21-27(24,25)19-12-16(14-23)11-18(22-13-15-7-3-1-4-8-15)20(19)26-17-9-5-2-6-10-17/h1-12,22-23H,13-14H2,(H2,21,24,25). The van der Waals surface area contributed by atoms with Gasteiger partial charge in [-0.25, -0.2) is 13.6 Å². The highest BCUT2D eigenvalue weighted by Gasteiger charge is 2.21. The third kappa shape index (κ3) is 4.85. The van der Waals surface area contributed by atoms with Crippen LogP contribution in [0, 0.1) is 0 Å². The number of nitrogens with one attached hydrogen (secondary N) is 1. The molecule has 0 aliphatic rings. The Morgan fingerprint density at radius 1 is 0.926 bits per heavy atom. The van der Waals surface area contributed by atoms with Crippen molar-refractivity contribution in [3.63, 3.8) is 0 Å². The van der Waals surface area contributed by atoms with E-state index in [2.05, 4.69) is 5.32 Å². The van der Waals surface area contributed by atoms with E-state index in [0.29, 0.717) is 23.5 Å². The molecule has 0 fully saturated rings. The van der Waals surface area contributed by atoms with Gasteiger partial charge in [0.05, 0.1) is 12.3 Å². The van der Waals surface area contributed by atoms with Crippen molar-refractivity contribution in [2.24, 2.45) is 5.14 Å². The fourth-order valence-electron chi connectivity index (χ4n) is 2.60. The molecule has 140 valence electrons. The minimum Gasteiger partial charge on any atom is -0.454 e. The molecule has 0 aliphatic carbocycles. The first-order valence-electron chi connectivity index (χ1n) is 8.28. The molecule has 0 radical (unpaired) electrons. The molecule has 3 aromatic carbocycles. The van der Waals surface area contributed by atoms with Crippen molar-refractivity contribution in [2.45, 2.75) is 18.0 Å². The van der Waals surface area contributed by atoms with Crippen molar-refractivity contribution in [3.8, 4) is 11.5 Å². The van der Waals surface area contributed by atoms with Crippen LogP contribution in [0.3, 0.4) is 0 Å². The van der Waals surface area contributed by atoms with Gasteiger partial charge >= 0.3 is 0 Å². The number of sulfonamides is 1. The van der Waals surface area contributed by atoms with Gasteiger partial charge in [-0.15, -0.1) is 0 Å². The van der Waals surface area contributed by atoms with E-state index in [-0.39, 0.29) is 17.3 Å². The predicted octanol–water partition coefficient (Wildman–Crippen LogP) is 3.23. The molecule has 0 bridgehead atoms. The van der Waals surface area contributed by atoms with Gasteiger partial charge in [-0.2, -0.15) is 0 Å². The lowest BCUT2D eigenvalue weighted by atomic mass is 10.1. The van der Waals surface area contributed by atoms with Crippen LogP contribution in [0.15, 0.2) is 77.7 Å². The van der Waals surface area contributed by atoms with E-state index in [1.54, 1.807) is 30.3 Å². The highest BCUT2D eigenvalue weighted by molar-refractivity contribution is 7.89. The summed E-state index contributed by atoms with van der Waals surface area (Å²) in [7, 11) is -4.07. The zero-order valence-corrected chi connectivity index (χ0v) is 15.3. The molecular weight excluding hydrogens is 364 g/mol. The van der Waals surface area contributed by atoms with Crippen molar-refractivity contribution in [1.82, 2.24) is 0 Å². The molecule has 3 rings (SSSR count). The summed E-state index contributed by atoms with van der Waals surface area (Å²) in [6, 6.07) is 21.4. The Labute approximate surface area is 158 Å². The molecule has 6 nitrogen and oxygen atoms in total. The van der Waals surface area contributed by atoms with E-state index in [1.165, 1.54) is 6.07 Å². The van der Waals surface area contributed by atoms with Crippen LogP contribution in [0.1, 0.15) is 11.1 Å². The van der Waals surface area contributed by atoms with E-state index in [1.807, 2.05) is 36.4 Å². The van der Waals surface area contributed by atoms with Gasteiger partial charge in [-0.05, 0) is 35.4 Å². The second-order valence-electron chi connectivity index (χ2n) is 5.93. The van der Waals surface area contributed by atoms with Crippen molar-refractivity contribution >= 4 is 15.7 Å². The minimum atomic E-state index is -4.07. The summed E-state index contributed by atoms with van der Waals surface area (Å²) >= 11 is 0. The van der Waals surface area contributed by atoms with Gasteiger partial charge in [0.25, 0.3) is 0 Å². The van der Waals surface area contributed by atoms with Gasteiger partial charge in [-0.3, -0.25) is 0 Å². The van der Waals surface area contributed by atoms with Gasteiger partial charge in [-0.1, -0.05) is 48.5 Å². The number of ether oxygens (including phenoxy) is 1. The summed E-state index contributed by atoms with van der Waals surface area (Å²) < 4.78 is 30.1. The summed E-state index contributed by atoms with van der Waals surface area (Å²) in [5.41, 5.74) is 1.85. The molecule has 3 aromatic rings.